The van der Waals surface area contributed by atoms with Gasteiger partial charge < -0.3 is 11.1 Å². The summed E-state index contributed by atoms with van der Waals surface area (Å²) < 4.78 is 0. The third-order valence-electron chi connectivity index (χ3n) is 0.748. The second-order valence-electron chi connectivity index (χ2n) is 1.65. The summed E-state index contributed by atoms with van der Waals surface area (Å²) in [6.45, 7) is 1.46. The van der Waals surface area contributed by atoms with Crippen LogP contribution in [0.25, 0.3) is 0 Å². The van der Waals surface area contributed by atoms with E-state index in [1.54, 1.807) is 6.92 Å². The van der Waals surface area contributed by atoms with Gasteiger partial charge in [0.1, 0.15) is 0 Å². The first-order chi connectivity index (χ1) is 4.18. The summed E-state index contributed by atoms with van der Waals surface area (Å²) in [6.07, 6.45) is 1.52. The highest BCUT2D eigenvalue weighted by atomic mass is 16.2. The van der Waals surface area contributed by atoms with Gasteiger partial charge in [0.2, 0.25) is 12.2 Å². The molecule has 51 valence electrons. The second-order valence-corrected chi connectivity index (χ2v) is 1.65. The van der Waals surface area contributed by atoms with Crippen LogP contribution < -0.4 is 11.1 Å². The van der Waals surface area contributed by atoms with Crippen molar-refractivity contribution in [2.24, 2.45) is 5.73 Å². The summed E-state index contributed by atoms with van der Waals surface area (Å²) in [5, 5.41) is 2.24. The maximum atomic E-state index is 10.5. The van der Waals surface area contributed by atoms with Crippen LogP contribution in [-0.4, -0.2) is 24.8 Å². The van der Waals surface area contributed by atoms with Crippen molar-refractivity contribution in [1.82, 2.24) is 5.32 Å². The van der Waals surface area contributed by atoms with Crippen LogP contribution in [0.15, 0.2) is 0 Å². The fourth-order valence-electron chi connectivity index (χ4n) is 0.284. The van der Waals surface area contributed by atoms with Crippen molar-refractivity contribution in [2.75, 3.05) is 6.54 Å². The lowest BCUT2D eigenvalue weighted by molar-refractivity contribution is -0.121. The summed E-state index contributed by atoms with van der Waals surface area (Å²) in [4.78, 5) is 20.0. The third kappa shape index (κ3) is 3.66. The largest absolute Gasteiger partial charge is 0.347 e. The Labute approximate surface area is 53.4 Å². The van der Waals surface area contributed by atoms with Crippen molar-refractivity contribution in [3.63, 3.8) is 0 Å². The van der Waals surface area contributed by atoms with Crippen LogP contribution in [-0.2, 0) is 9.59 Å². The van der Waals surface area contributed by atoms with E-state index in [-0.39, 0.29) is 12.5 Å². The zero-order valence-electron chi connectivity index (χ0n) is 5.18. The van der Waals surface area contributed by atoms with Gasteiger partial charge in [0.05, 0.1) is 12.6 Å². The average Bonchev–Trinajstić information content (AvgIpc) is 1.82. The first kappa shape index (κ1) is 8.10. The van der Waals surface area contributed by atoms with Crippen LogP contribution in [0.5, 0.6) is 0 Å². The molecule has 0 aliphatic carbocycles. The zero-order chi connectivity index (χ0) is 7.28. The van der Waals surface area contributed by atoms with Crippen molar-refractivity contribution < 1.29 is 9.59 Å². The highest BCUT2D eigenvalue weighted by Gasteiger charge is 2.03. The molecule has 3 N–H and O–H groups in total. The Bertz CT molecular complexity index is 112. The van der Waals surface area contributed by atoms with E-state index in [9.17, 15) is 9.59 Å². The minimum absolute atomic E-state index is 0.0830. The van der Waals surface area contributed by atoms with Gasteiger partial charge in [-0.05, 0) is 6.92 Å². The van der Waals surface area contributed by atoms with Crippen LogP contribution in [0.2, 0.25) is 0 Å². The number of hydrogen-bond acceptors (Lipinski definition) is 3. The fraction of sp³-hybridized carbons (Fsp3) is 0.600. The predicted molar refractivity (Wildman–Crippen MR) is 32.4 cm³/mol. The third-order valence-corrected chi connectivity index (χ3v) is 0.748. The average molecular weight is 129 g/mol. The molecule has 4 heteroatoms. The van der Waals surface area contributed by atoms with Gasteiger partial charge in [-0.15, -0.1) is 0 Å². The summed E-state index contributed by atoms with van der Waals surface area (Å²) in [5.74, 6) is -0.335. The molecule has 0 spiro atoms. The van der Waals surface area contributed by atoms with Crippen LogP contribution in [0.3, 0.4) is 0 Å². The van der Waals surface area contributed by atoms with E-state index < -0.39 is 6.04 Å². The topological polar surface area (TPSA) is 72.2 Å². The molecule has 0 saturated heterocycles. The molecular formula is C5H9N2O2. The van der Waals surface area contributed by atoms with Gasteiger partial charge in [0.15, 0.2) is 0 Å². The smallest absolute Gasteiger partial charge is 0.237 e. The van der Waals surface area contributed by atoms with Crippen LogP contribution in [0, 0.1) is 0 Å². The van der Waals surface area contributed by atoms with E-state index >= 15 is 0 Å². The van der Waals surface area contributed by atoms with Crippen LogP contribution in [0.1, 0.15) is 6.92 Å². The van der Waals surface area contributed by atoms with Gasteiger partial charge in [0, 0.05) is 0 Å². The Kier molecular flexibility index (Phi) is 3.62. The summed E-state index contributed by atoms with van der Waals surface area (Å²) >= 11 is 0. The monoisotopic (exact) mass is 129 g/mol. The standard InChI is InChI=1S/C5H9N2O2/c1-4(6)5(9)7-2-3-8/h4H,2,6H2,1H3,(H,7,9). The fourth-order valence-corrected chi connectivity index (χ4v) is 0.284. The lowest BCUT2D eigenvalue weighted by atomic mass is 10.3. The van der Waals surface area contributed by atoms with Gasteiger partial charge >= 0.3 is 0 Å². The number of carbonyl (C=O) groups excluding carboxylic acids is 2. The van der Waals surface area contributed by atoms with Gasteiger partial charge in [-0.3, -0.25) is 9.59 Å². The minimum Gasteiger partial charge on any atom is -0.347 e. The van der Waals surface area contributed by atoms with Crippen LogP contribution >= 0.6 is 0 Å². The molecule has 0 aromatic carbocycles. The number of carbonyl (C=O) groups is 1. The van der Waals surface area contributed by atoms with Gasteiger partial charge in [0.25, 0.3) is 0 Å². The number of amides is 1. The van der Waals surface area contributed by atoms with E-state index in [2.05, 4.69) is 5.32 Å². The summed E-state index contributed by atoms with van der Waals surface area (Å²) in [7, 11) is 0. The molecule has 0 aromatic rings. The second kappa shape index (κ2) is 4.03. The molecule has 4 nitrogen and oxygen atoms in total. The lowest BCUT2D eigenvalue weighted by Crippen LogP contribution is -2.38. The molecule has 0 fully saturated rings. The Morgan fingerprint density at radius 1 is 1.89 bits per heavy atom. The summed E-state index contributed by atoms with van der Waals surface area (Å²) in [5.41, 5.74) is 5.13. The van der Waals surface area contributed by atoms with E-state index in [0.717, 1.165) is 0 Å². The van der Waals surface area contributed by atoms with Crippen LogP contribution in [0.4, 0.5) is 0 Å². The van der Waals surface area contributed by atoms with Crippen molar-refractivity contribution in [1.29, 1.82) is 0 Å². The molecule has 0 aromatic heterocycles. The van der Waals surface area contributed by atoms with Crippen molar-refractivity contribution in [3.05, 3.63) is 0 Å². The van der Waals surface area contributed by atoms with Gasteiger partial charge in [-0.25, -0.2) is 0 Å². The molecule has 0 rings (SSSR count). The molecule has 0 aliphatic rings. The molecule has 9 heavy (non-hydrogen) atoms. The first-order valence-electron chi connectivity index (χ1n) is 2.56. The molecule has 0 bridgehead atoms. The Balaban J connectivity index is 3.38. The SMILES string of the molecule is CC(N)C(=O)NC[C]=O. The molecular weight excluding hydrogens is 120 g/mol. The Morgan fingerprint density at radius 2 is 2.44 bits per heavy atom. The van der Waals surface area contributed by atoms with Crippen molar-refractivity contribution in [3.8, 4) is 0 Å². The highest BCUT2D eigenvalue weighted by molar-refractivity contribution is 5.82. The summed E-state index contributed by atoms with van der Waals surface area (Å²) in [6, 6.07) is -0.557. The van der Waals surface area contributed by atoms with E-state index in [1.807, 2.05) is 0 Å². The maximum Gasteiger partial charge on any atom is 0.237 e. The molecule has 0 aliphatic heterocycles. The molecule has 0 heterocycles. The Hall–Kier alpha value is -0.900. The molecule has 1 amide bonds. The van der Waals surface area contributed by atoms with E-state index in [1.165, 1.54) is 6.29 Å². The van der Waals surface area contributed by atoms with E-state index in [4.69, 9.17) is 5.73 Å². The lowest BCUT2D eigenvalue weighted by Gasteiger charge is -2.01. The number of hydrogen-bond donors (Lipinski definition) is 2. The van der Waals surface area contributed by atoms with Gasteiger partial charge in [-0.2, -0.15) is 0 Å². The first-order valence-corrected chi connectivity index (χ1v) is 2.56. The highest BCUT2D eigenvalue weighted by Crippen LogP contribution is 1.71. The van der Waals surface area contributed by atoms with Crippen molar-refractivity contribution >= 4 is 12.2 Å². The number of rotatable bonds is 3. The van der Waals surface area contributed by atoms with Crippen molar-refractivity contribution in [2.45, 2.75) is 13.0 Å². The quantitative estimate of drug-likeness (QED) is 0.490. The molecule has 0 saturated carbocycles. The normalized spacial score (nSPS) is 12.2. The predicted octanol–water partition coefficient (Wildman–Crippen LogP) is -1.44. The zero-order valence-corrected chi connectivity index (χ0v) is 5.18. The minimum atomic E-state index is -0.557. The molecule has 1 radical (unpaired) electrons. The molecule has 1 unspecified atom stereocenters. The Morgan fingerprint density at radius 3 is 2.78 bits per heavy atom. The molecule has 1 atom stereocenters. The maximum absolute atomic E-state index is 10.5. The number of nitrogens with one attached hydrogen (secondary N) is 1. The van der Waals surface area contributed by atoms with Gasteiger partial charge in [-0.1, -0.05) is 0 Å². The number of nitrogens with two attached hydrogens (primary N) is 1. The van der Waals surface area contributed by atoms with E-state index in [0.29, 0.717) is 0 Å².